The van der Waals surface area contributed by atoms with Gasteiger partial charge in [0.2, 0.25) is 0 Å². The lowest BCUT2D eigenvalue weighted by molar-refractivity contribution is 0.496. The third-order valence-electron chi connectivity index (χ3n) is 3.48. The summed E-state index contributed by atoms with van der Waals surface area (Å²) in [6, 6.07) is 11.4. The third kappa shape index (κ3) is 2.76. The maximum Gasteiger partial charge on any atom is 0.0366 e. The van der Waals surface area contributed by atoms with Crippen molar-refractivity contribution in [2.24, 2.45) is 5.92 Å². The van der Waals surface area contributed by atoms with E-state index in [0.717, 1.165) is 19.0 Å². The van der Waals surface area contributed by atoms with Crippen molar-refractivity contribution in [1.82, 2.24) is 5.32 Å². The molecule has 1 aliphatic rings. The molecule has 0 spiro atoms. The monoisotopic (exact) mass is 218 g/mol. The van der Waals surface area contributed by atoms with Gasteiger partial charge in [-0.05, 0) is 44.9 Å². The fourth-order valence-corrected chi connectivity index (χ4v) is 2.27. The van der Waals surface area contributed by atoms with Gasteiger partial charge in [-0.2, -0.15) is 0 Å². The molecular weight excluding hydrogens is 196 g/mol. The summed E-state index contributed by atoms with van der Waals surface area (Å²) in [5.74, 6) is 0.905. The summed E-state index contributed by atoms with van der Waals surface area (Å²) in [6.07, 6.45) is 2.80. The van der Waals surface area contributed by atoms with Crippen LogP contribution in [0, 0.1) is 5.92 Å². The summed E-state index contributed by atoms with van der Waals surface area (Å²) in [6.45, 7) is 4.43. The van der Waals surface area contributed by atoms with Crippen LogP contribution in [0.2, 0.25) is 0 Å². The van der Waals surface area contributed by atoms with Crippen molar-refractivity contribution in [2.75, 3.05) is 25.0 Å². The molecule has 0 heterocycles. The molecule has 1 aromatic rings. The van der Waals surface area contributed by atoms with Gasteiger partial charge in [-0.15, -0.1) is 0 Å². The first-order valence-corrected chi connectivity index (χ1v) is 6.32. The summed E-state index contributed by atoms with van der Waals surface area (Å²) in [5.41, 5.74) is 1.34. The van der Waals surface area contributed by atoms with Gasteiger partial charge >= 0.3 is 0 Å². The zero-order valence-electron chi connectivity index (χ0n) is 10.3. The number of rotatable bonds is 6. The minimum Gasteiger partial charge on any atom is -0.370 e. The molecule has 1 N–H and O–H groups in total. The topological polar surface area (TPSA) is 15.3 Å². The van der Waals surface area contributed by atoms with Crippen molar-refractivity contribution in [1.29, 1.82) is 0 Å². The second kappa shape index (κ2) is 5.35. The highest BCUT2D eigenvalue weighted by Crippen LogP contribution is 2.33. The number of hydrogen-bond donors (Lipinski definition) is 1. The van der Waals surface area contributed by atoms with Crippen molar-refractivity contribution in [3.8, 4) is 0 Å². The van der Waals surface area contributed by atoms with Crippen molar-refractivity contribution >= 4 is 5.69 Å². The fraction of sp³-hybridized carbons (Fsp3) is 0.571. The van der Waals surface area contributed by atoms with E-state index in [4.69, 9.17) is 0 Å². The largest absolute Gasteiger partial charge is 0.370 e. The van der Waals surface area contributed by atoms with Gasteiger partial charge in [-0.1, -0.05) is 18.2 Å². The van der Waals surface area contributed by atoms with E-state index in [1.54, 1.807) is 0 Å². The third-order valence-corrected chi connectivity index (χ3v) is 3.48. The number of likely N-dealkylation sites (N-methyl/N-ethyl adjacent to an activating group) is 2. The van der Waals surface area contributed by atoms with Crippen LogP contribution in [-0.2, 0) is 0 Å². The normalized spacial score (nSPS) is 17.1. The summed E-state index contributed by atoms with van der Waals surface area (Å²) < 4.78 is 0. The second-order valence-electron chi connectivity index (χ2n) is 4.61. The van der Waals surface area contributed by atoms with Gasteiger partial charge in [0.15, 0.2) is 0 Å². The Bertz CT molecular complexity index is 306. The highest BCUT2D eigenvalue weighted by molar-refractivity contribution is 5.46. The van der Waals surface area contributed by atoms with Crippen molar-refractivity contribution in [3.05, 3.63) is 30.3 Å². The Hall–Kier alpha value is -1.02. The Morgan fingerprint density at radius 1 is 1.31 bits per heavy atom. The van der Waals surface area contributed by atoms with Crippen LogP contribution >= 0.6 is 0 Å². The Balaban J connectivity index is 1.99. The zero-order chi connectivity index (χ0) is 11.4. The first-order chi connectivity index (χ1) is 7.85. The van der Waals surface area contributed by atoms with Gasteiger partial charge < -0.3 is 10.2 Å². The van der Waals surface area contributed by atoms with Gasteiger partial charge in [0.25, 0.3) is 0 Å². The lowest BCUT2D eigenvalue weighted by atomic mass is 10.1. The molecule has 0 aliphatic heterocycles. The minimum absolute atomic E-state index is 0.653. The molecule has 0 radical (unpaired) electrons. The molecule has 2 rings (SSSR count). The van der Waals surface area contributed by atoms with E-state index in [1.165, 1.54) is 18.5 Å². The van der Waals surface area contributed by atoms with E-state index >= 15 is 0 Å². The van der Waals surface area contributed by atoms with Gasteiger partial charge in [0, 0.05) is 24.8 Å². The standard InChI is InChI=1S/C14H22N2/c1-3-16(13-7-5-4-6-8-13)11-14(15-2)12-9-10-12/h4-8,12,14-15H,3,9-11H2,1-2H3. The number of nitrogens with one attached hydrogen (secondary N) is 1. The molecular formula is C14H22N2. The average molecular weight is 218 g/mol. The Morgan fingerprint density at radius 2 is 2.00 bits per heavy atom. The van der Waals surface area contributed by atoms with E-state index in [-0.39, 0.29) is 0 Å². The number of hydrogen-bond acceptors (Lipinski definition) is 2. The van der Waals surface area contributed by atoms with Gasteiger partial charge in [-0.3, -0.25) is 0 Å². The van der Waals surface area contributed by atoms with Crippen LogP contribution in [0.15, 0.2) is 30.3 Å². The van der Waals surface area contributed by atoms with Crippen molar-refractivity contribution in [2.45, 2.75) is 25.8 Å². The first kappa shape index (κ1) is 11.5. The van der Waals surface area contributed by atoms with Gasteiger partial charge in [0.05, 0.1) is 0 Å². The SMILES string of the molecule is CCN(CC(NC)C1CC1)c1ccccc1. The molecule has 16 heavy (non-hydrogen) atoms. The quantitative estimate of drug-likeness (QED) is 0.789. The van der Waals surface area contributed by atoms with E-state index in [9.17, 15) is 0 Å². The maximum atomic E-state index is 3.46. The van der Waals surface area contributed by atoms with Crippen LogP contribution in [0.5, 0.6) is 0 Å². The predicted molar refractivity (Wildman–Crippen MR) is 69.9 cm³/mol. The van der Waals surface area contributed by atoms with Crippen molar-refractivity contribution in [3.63, 3.8) is 0 Å². The molecule has 1 aromatic carbocycles. The van der Waals surface area contributed by atoms with Crippen molar-refractivity contribution < 1.29 is 0 Å². The average Bonchev–Trinajstić information content (AvgIpc) is 3.16. The molecule has 1 fully saturated rings. The van der Waals surface area contributed by atoms with E-state index in [1.807, 2.05) is 0 Å². The van der Waals surface area contributed by atoms with Crippen LogP contribution in [0.3, 0.4) is 0 Å². The molecule has 0 aromatic heterocycles. The lowest BCUT2D eigenvalue weighted by Gasteiger charge is -2.28. The highest BCUT2D eigenvalue weighted by atomic mass is 15.1. The molecule has 1 aliphatic carbocycles. The Kier molecular flexibility index (Phi) is 3.83. The van der Waals surface area contributed by atoms with E-state index < -0.39 is 0 Å². The lowest BCUT2D eigenvalue weighted by Crippen LogP contribution is -2.41. The molecule has 1 saturated carbocycles. The molecule has 2 nitrogen and oxygen atoms in total. The van der Waals surface area contributed by atoms with Crippen LogP contribution in [0.25, 0.3) is 0 Å². The fourth-order valence-electron chi connectivity index (χ4n) is 2.27. The number of nitrogens with zero attached hydrogens (tertiary/aromatic N) is 1. The molecule has 1 atom stereocenters. The van der Waals surface area contributed by atoms with E-state index in [2.05, 4.69) is 54.5 Å². The molecule has 0 bridgehead atoms. The molecule has 2 heteroatoms. The minimum atomic E-state index is 0.653. The number of anilines is 1. The zero-order valence-corrected chi connectivity index (χ0v) is 10.3. The van der Waals surface area contributed by atoms with Crippen LogP contribution in [0.4, 0.5) is 5.69 Å². The second-order valence-corrected chi connectivity index (χ2v) is 4.61. The first-order valence-electron chi connectivity index (χ1n) is 6.32. The molecule has 88 valence electrons. The number of para-hydroxylation sites is 1. The maximum absolute atomic E-state index is 3.46. The summed E-state index contributed by atoms with van der Waals surface area (Å²) >= 11 is 0. The predicted octanol–water partition coefficient (Wildman–Crippen LogP) is 2.51. The summed E-state index contributed by atoms with van der Waals surface area (Å²) in [5, 5.41) is 3.46. The summed E-state index contributed by atoms with van der Waals surface area (Å²) in [4.78, 5) is 2.46. The van der Waals surface area contributed by atoms with Crippen LogP contribution in [0.1, 0.15) is 19.8 Å². The molecule has 0 amide bonds. The Morgan fingerprint density at radius 3 is 2.50 bits per heavy atom. The summed E-state index contributed by atoms with van der Waals surface area (Å²) in [7, 11) is 2.09. The number of benzene rings is 1. The van der Waals surface area contributed by atoms with Gasteiger partial charge in [-0.25, -0.2) is 0 Å². The molecule has 0 saturated heterocycles. The molecule has 1 unspecified atom stereocenters. The van der Waals surface area contributed by atoms with Gasteiger partial charge in [0.1, 0.15) is 0 Å². The van der Waals surface area contributed by atoms with Crippen LogP contribution < -0.4 is 10.2 Å². The highest BCUT2D eigenvalue weighted by Gasteiger charge is 2.31. The Labute approximate surface area is 98.7 Å². The smallest absolute Gasteiger partial charge is 0.0366 e. The van der Waals surface area contributed by atoms with E-state index in [0.29, 0.717) is 6.04 Å². The van der Waals surface area contributed by atoms with Crippen LogP contribution in [-0.4, -0.2) is 26.2 Å².